The van der Waals surface area contributed by atoms with Crippen molar-refractivity contribution in [1.82, 2.24) is 4.90 Å². The fourth-order valence-electron chi connectivity index (χ4n) is 2.65. The molecule has 0 aromatic carbocycles. The van der Waals surface area contributed by atoms with Gasteiger partial charge in [-0.15, -0.1) is 0 Å². The Morgan fingerprint density at radius 1 is 1.47 bits per heavy atom. The summed E-state index contributed by atoms with van der Waals surface area (Å²) in [7, 11) is 0. The van der Waals surface area contributed by atoms with E-state index in [1.54, 1.807) is 16.2 Å². The van der Waals surface area contributed by atoms with Crippen LogP contribution < -0.4 is 0 Å². The number of rotatable bonds is 4. The molecule has 0 radical (unpaired) electrons. The highest BCUT2D eigenvalue weighted by Crippen LogP contribution is 2.30. The van der Waals surface area contributed by atoms with Crippen molar-refractivity contribution in [2.75, 3.05) is 13.1 Å². The van der Waals surface area contributed by atoms with Gasteiger partial charge in [0, 0.05) is 13.1 Å². The second-order valence-corrected chi connectivity index (χ2v) is 6.24. The molecule has 104 valence electrons. The molecule has 4 nitrogen and oxygen atoms in total. The van der Waals surface area contributed by atoms with Crippen molar-refractivity contribution in [3.8, 4) is 0 Å². The van der Waals surface area contributed by atoms with Gasteiger partial charge >= 0.3 is 5.97 Å². The zero-order chi connectivity index (χ0) is 14.0. The fraction of sp³-hybridized carbons (Fsp3) is 0.571. The molecule has 0 unspecified atom stereocenters. The molecule has 2 rings (SSSR count). The zero-order valence-corrected chi connectivity index (χ0v) is 12.0. The molecular weight excluding hydrogens is 262 g/mol. The quantitative estimate of drug-likeness (QED) is 0.919. The number of carbonyl (C=O) groups excluding carboxylic acids is 1. The molecule has 1 saturated heterocycles. The van der Waals surface area contributed by atoms with Crippen LogP contribution in [0, 0.1) is 17.8 Å². The van der Waals surface area contributed by atoms with Crippen LogP contribution in [0.5, 0.6) is 0 Å². The molecule has 1 aromatic rings. The normalized spacial score (nSPS) is 23.0. The Balaban J connectivity index is 2.02. The highest BCUT2D eigenvalue weighted by molar-refractivity contribution is 7.07. The SMILES string of the molecule is CC(C)[C@@H]1CN(C(=O)Cc2ccsc2)C[C@H]1C(=O)O. The van der Waals surface area contributed by atoms with Crippen molar-refractivity contribution in [3.05, 3.63) is 22.4 Å². The number of nitrogens with zero attached hydrogens (tertiary/aromatic N) is 1. The van der Waals surface area contributed by atoms with E-state index >= 15 is 0 Å². The highest BCUT2D eigenvalue weighted by Gasteiger charge is 2.40. The van der Waals surface area contributed by atoms with Crippen LogP contribution in [0.1, 0.15) is 19.4 Å². The maximum atomic E-state index is 12.2. The standard InChI is InChI=1S/C14H19NO3S/c1-9(2)11-6-15(7-12(11)14(17)18)13(16)5-10-3-4-19-8-10/h3-4,8-9,11-12H,5-7H2,1-2H3,(H,17,18)/t11-,12+/m0/s1. The van der Waals surface area contributed by atoms with Crippen molar-refractivity contribution < 1.29 is 14.7 Å². The number of carbonyl (C=O) groups is 2. The summed E-state index contributed by atoms with van der Waals surface area (Å²) in [5, 5.41) is 13.2. The van der Waals surface area contributed by atoms with E-state index in [0.29, 0.717) is 19.5 Å². The van der Waals surface area contributed by atoms with Gasteiger partial charge in [0.2, 0.25) is 5.91 Å². The molecule has 19 heavy (non-hydrogen) atoms. The minimum Gasteiger partial charge on any atom is -0.481 e. The first kappa shape index (κ1) is 14.1. The van der Waals surface area contributed by atoms with Gasteiger partial charge in [0.25, 0.3) is 0 Å². The van der Waals surface area contributed by atoms with Gasteiger partial charge in [-0.25, -0.2) is 0 Å². The average Bonchev–Trinajstić information content (AvgIpc) is 2.96. The molecule has 0 saturated carbocycles. The van der Waals surface area contributed by atoms with Crippen LogP contribution in [0.15, 0.2) is 16.8 Å². The Kier molecular flexibility index (Phi) is 4.24. The first-order chi connectivity index (χ1) is 8.99. The van der Waals surface area contributed by atoms with Gasteiger partial charge < -0.3 is 10.0 Å². The number of amides is 1. The monoisotopic (exact) mass is 281 g/mol. The van der Waals surface area contributed by atoms with Gasteiger partial charge in [-0.2, -0.15) is 11.3 Å². The third-order valence-corrected chi connectivity index (χ3v) is 4.56. The Morgan fingerprint density at radius 3 is 2.68 bits per heavy atom. The lowest BCUT2D eigenvalue weighted by atomic mass is 9.86. The van der Waals surface area contributed by atoms with Crippen molar-refractivity contribution in [1.29, 1.82) is 0 Å². The number of carboxylic acid groups (broad SMARTS) is 1. The van der Waals surface area contributed by atoms with E-state index in [0.717, 1.165) is 5.56 Å². The zero-order valence-electron chi connectivity index (χ0n) is 11.2. The molecular formula is C14H19NO3S. The van der Waals surface area contributed by atoms with E-state index in [4.69, 9.17) is 0 Å². The van der Waals surface area contributed by atoms with Crippen molar-refractivity contribution in [3.63, 3.8) is 0 Å². The second-order valence-electron chi connectivity index (χ2n) is 5.46. The first-order valence-electron chi connectivity index (χ1n) is 6.50. The van der Waals surface area contributed by atoms with E-state index < -0.39 is 11.9 Å². The smallest absolute Gasteiger partial charge is 0.308 e. The summed E-state index contributed by atoms with van der Waals surface area (Å²) in [6.45, 7) is 4.96. The molecule has 1 fully saturated rings. The van der Waals surface area contributed by atoms with Gasteiger partial charge in [0.1, 0.15) is 0 Å². The molecule has 0 spiro atoms. The number of likely N-dealkylation sites (tertiary alicyclic amines) is 1. The van der Waals surface area contributed by atoms with E-state index in [1.807, 2.05) is 30.7 Å². The maximum Gasteiger partial charge on any atom is 0.308 e. The number of carboxylic acids is 1. The molecule has 1 aromatic heterocycles. The Labute approximate surface area is 117 Å². The third kappa shape index (κ3) is 3.15. The minimum absolute atomic E-state index is 0.0350. The summed E-state index contributed by atoms with van der Waals surface area (Å²) in [5.74, 6) is -0.840. The maximum absolute atomic E-state index is 12.2. The van der Waals surface area contributed by atoms with E-state index in [9.17, 15) is 14.7 Å². The lowest BCUT2D eigenvalue weighted by Gasteiger charge is -2.18. The third-order valence-electron chi connectivity index (χ3n) is 3.83. The summed E-state index contributed by atoms with van der Waals surface area (Å²) in [6, 6.07) is 1.94. The second kappa shape index (κ2) is 5.74. The van der Waals surface area contributed by atoms with E-state index in [-0.39, 0.29) is 17.7 Å². The lowest BCUT2D eigenvalue weighted by molar-refractivity contribution is -0.143. The molecule has 1 aliphatic heterocycles. The van der Waals surface area contributed by atoms with Crippen molar-refractivity contribution in [2.45, 2.75) is 20.3 Å². The van der Waals surface area contributed by atoms with Crippen LogP contribution in [0.4, 0.5) is 0 Å². The van der Waals surface area contributed by atoms with Gasteiger partial charge in [0.05, 0.1) is 12.3 Å². The van der Waals surface area contributed by atoms with E-state index in [2.05, 4.69) is 0 Å². The number of aliphatic carboxylic acids is 1. The Morgan fingerprint density at radius 2 is 2.21 bits per heavy atom. The number of hydrogen-bond donors (Lipinski definition) is 1. The summed E-state index contributed by atoms with van der Waals surface area (Å²) in [6.07, 6.45) is 0.376. The topological polar surface area (TPSA) is 57.6 Å². The summed E-state index contributed by atoms with van der Waals surface area (Å²) < 4.78 is 0. The minimum atomic E-state index is -0.787. The largest absolute Gasteiger partial charge is 0.481 e. The lowest BCUT2D eigenvalue weighted by Crippen LogP contribution is -2.31. The van der Waals surface area contributed by atoms with E-state index in [1.165, 1.54) is 0 Å². The Hall–Kier alpha value is -1.36. The number of thiophene rings is 1. The molecule has 0 bridgehead atoms. The highest BCUT2D eigenvalue weighted by atomic mass is 32.1. The van der Waals surface area contributed by atoms with Gasteiger partial charge in [-0.1, -0.05) is 13.8 Å². The van der Waals surface area contributed by atoms with Gasteiger partial charge in [0.15, 0.2) is 0 Å². The average molecular weight is 281 g/mol. The van der Waals surface area contributed by atoms with Crippen LogP contribution in [-0.2, 0) is 16.0 Å². The summed E-state index contributed by atoms with van der Waals surface area (Å²) >= 11 is 1.57. The van der Waals surface area contributed by atoms with Crippen LogP contribution in [0.2, 0.25) is 0 Å². The summed E-state index contributed by atoms with van der Waals surface area (Å²) in [5.41, 5.74) is 1.01. The number of hydrogen-bond acceptors (Lipinski definition) is 3. The first-order valence-corrected chi connectivity index (χ1v) is 7.45. The summed E-state index contributed by atoms with van der Waals surface area (Å²) in [4.78, 5) is 25.2. The Bertz CT molecular complexity index is 455. The predicted octanol–water partition coefficient (Wildman–Crippen LogP) is 2.11. The molecule has 1 N–H and O–H groups in total. The van der Waals surface area contributed by atoms with Gasteiger partial charge in [-0.3, -0.25) is 9.59 Å². The van der Waals surface area contributed by atoms with Gasteiger partial charge in [-0.05, 0) is 34.2 Å². The molecule has 2 heterocycles. The van der Waals surface area contributed by atoms with Crippen molar-refractivity contribution in [2.24, 2.45) is 17.8 Å². The van der Waals surface area contributed by atoms with Crippen LogP contribution in [-0.4, -0.2) is 35.0 Å². The van der Waals surface area contributed by atoms with Crippen molar-refractivity contribution >= 4 is 23.2 Å². The van der Waals surface area contributed by atoms with Crippen LogP contribution in [0.3, 0.4) is 0 Å². The van der Waals surface area contributed by atoms with Crippen LogP contribution in [0.25, 0.3) is 0 Å². The molecule has 1 amide bonds. The van der Waals surface area contributed by atoms with Crippen LogP contribution >= 0.6 is 11.3 Å². The molecule has 1 aliphatic rings. The molecule has 0 aliphatic carbocycles. The predicted molar refractivity (Wildman–Crippen MR) is 74.1 cm³/mol. The molecule has 2 atom stereocenters. The molecule has 5 heteroatoms. The fourth-order valence-corrected chi connectivity index (χ4v) is 3.32.